The lowest BCUT2D eigenvalue weighted by Gasteiger charge is -2.34. The van der Waals surface area contributed by atoms with Crippen LogP contribution < -0.4 is 4.74 Å². The third-order valence-electron chi connectivity index (χ3n) is 6.29. The summed E-state index contributed by atoms with van der Waals surface area (Å²) < 4.78 is 32.8. The fourth-order valence-electron chi connectivity index (χ4n) is 4.48. The van der Waals surface area contributed by atoms with Crippen molar-refractivity contribution in [3.63, 3.8) is 0 Å². The number of aliphatic hydroxyl groups excluding tert-OH is 1. The molecule has 1 N–H and O–H groups in total. The van der Waals surface area contributed by atoms with Crippen molar-refractivity contribution in [2.24, 2.45) is 11.8 Å². The molecule has 2 aliphatic rings. The fraction of sp³-hybridized carbons (Fsp3) is 0.739. The van der Waals surface area contributed by atoms with Gasteiger partial charge in [0, 0.05) is 19.5 Å². The predicted molar refractivity (Wildman–Crippen MR) is 111 cm³/mol. The number of alkyl halides is 2. The number of halogens is 2. The number of hydrogen-bond acceptors (Lipinski definition) is 4. The molecule has 1 atom stereocenters. The van der Waals surface area contributed by atoms with Crippen LogP contribution in [0.4, 0.5) is 8.78 Å². The molecule has 29 heavy (non-hydrogen) atoms. The third kappa shape index (κ3) is 7.19. The number of piperidine rings is 2. The minimum Gasteiger partial charge on any atom is -0.491 e. The average Bonchev–Trinajstić information content (AvgIpc) is 2.67. The smallest absolute Gasteiger partial charge is 0.260 e. The lowest BCUT2D eigenvalue weighted by Crippen LogP contribution is -2.42. The number of benzene rings is 1. The Hall–Kier alpha value is -1.24. The van der Waals surface area contributed by atoms with E-state index in [0.717, 1.165) is 30.5 Å². The van der Waals surface area contributed by atoms with Crippen LogP contribution in [0.3, 0.4) is 0 Å². The van der Waals surface area contributed by atoms with E-state index in [0.29, 0.717) is 31.8 Å². The first-order valence-electron chi connectivity index (χ1n) is 11.0. The molecule has 0 spiro atoms. The van der Waals surface area contributed by atoms with E-state index in [1.807, 2.05) is 29.2 Å². The van der Waals surface area contributed by atoms with Gasteiger partial charge in [0.25, 0.3) is 5.92 Å². The maximum Gasteiger partial charge on any atom is 0.260 e. The van der Waals surface area contributed by atoms with Gasteiger partial charge < -0.3 is 14.7 Å². The zero-order valence-corrected chi connectivity index (χ0v) is 17.8. The Morgan fingerprint density at radius 1 is 1.10 bits per heavy atom. The minimum absolute atomic E-state index is 0.00561. The second-order valence-electron chi connectivity index (χ2n) is 9.16. The van der Waals surface area contributed by atoms with Crippen LogP contribution in [-0.2, 0) is 6.54 Å². The number of β-amino-alcohol motifs (C(OH)–C–C–N with tert-alkyl or cyclic N) is 1. The van der Waals surface area contributed by atoms with E-state index in [4.69, 9.17) is 4.74 Å². The second-order valence-corrected chi connectivity index (χ2v) is 9.16. The summed E-state index contributed by atoms with van der Waals surface area (Å²) in [6.07, 6.45) is 2.43. The number of hydrogen-bond donors (Lipinski definition) is 1. The molecule has 6 heteroatoms. The number of aliphatic hydroxyl groups is 1. The highest BCUT2D eigenvalue weighted by atomic mass is 19.3. The van der Waals surface area contributed by atoms with Crippen LogP contribution in [0, 0.1) is 11.8 Å². The molecule has 0 saturated carbocycles. The Bertz CT molecular complexity index is 616. The Balaban J connectivity index is 1.37. The second kappa shape index (κ2) is 10.2. The number of nitrogens with zero attached hydrogens (tertiary/aromatic N) is 2. The fourth-order valence-corrected chi connectivity index (χ4v) is 4.48. The Morgan fingerprint density at radius 3 is 2.41 bits per heavy atom. The van der Waals surface area contributed by atoms with Gasteiger partial charge in [0.2, 0.25) is 0 Å². The van der Waals surface area contributed by atoms with E-state index < -0.39 is 12.0 Å². The minimum atomic E-state index is -2.57. The molecular formula is C23H36F2N2O2. The topological polar surface area (TPSA) is 35.9 Å². The van der Waals surface area contributed by atoms with Gasteiger partial charge in [-0.05, 0) is 68.4 Å². The monoisotopic (exact) mass is 410 g/mol. The van der Waals surface area contributed by atoms with Crippen LogP contribution >= 0.6 is 0 Å². The van der Waals surface area contributed by atoms with Crippen LogP contribution in [0.25, 0.3) is 0 Å². The molecule has 2 fully saturated rings. The number of rotatable bonds is 8. The molecule has 0 radical (unpaired) electrons. The molecule has 1 aromatic rings. The van der Waals surface area contributed by atoms with E-state index in [1.165, 1.54) is 12.8 Å². The van der Waals surface area contributed by atoms with Gasteiger partial charge in [0.15, 0.2) is 0 Å². The van der Waals surface area contributed by atoms with Gasteiger partial charge in [-0.1, -0.05) is 26.0 Å². The summed E-state index contributed by atoms with van der Waals surface area (Å²) in [7, 11) is 0. The number of likely N-dealkylation sites (tertiary alicyclic amines) is 2. The molecule has 0 aromatic heterocycles. The maximum atomic E-state index is 13.5. The van der Waals surface area contributed by atoms with Crippen molar-refractivity contribution in [1.29, 1.82) is 0 Å². The van der Waals surface area contributed by atoms with Crippen LogP contribution in [0.15, 0.2) is 24.3 Å². The van der Waals surface area contributed by atoms with E-state index in [1.54, 1.807) is 0 Å². The van der Waals surface area contributed by atoms with Crippen molar-refractivity contribution in [2.75, 3.05) is 39.3 Å². The lowest BCUT2D eigenvalue weighted by molar-refractivity contribution is -0.0661. The van der Waals surface area contributed by atoms with E-state index in [9.17, 15) is 13.9 Å². The van der Waals surface area contributed by atoms with Gasteiger partial charge in [-0.15, -0.1) is 0 Å². The first-order valence-corrected chi connectivity index (χ1v) is 11.0. The van der Waals surface area contributed by atoms with Crippen LogP contribution in [0.2, 0.25) is 0 Å². The van der Waals surface area contributed by atoms with Crippen molar-refractivity contribution in [2.45, 2.75) is 58.1 Å². The highest BCUT2D eigenvalue weighted by Gasteiger charge is 2.34. The van der Waals surface area contributed by atoms with Gasteiger partial charge in [0.1, 0.15) is 18.5 Å². The lowest BCUT2D eigenvalue weighted by atomic mass is 9.87. The van der Waals surface area contributed by atoms with E-state index in [2.05, 4.69) is 18.7 Å². The van der Waals surface area contributed by atoms with Crippen LogP contribution in [-0.4, -0.2) is 66.3 Å². The average molecular weight is 411 g/mol. The molecule has 164 valence electrons. The largest absolute Gasteiger partial charge is 0.491 e. The summed E-state index contributed by atoms with van der Waals surface area (Å²) in [6.45, 7) is 8.67. The molecular weight excluding hydrogens is 374 g/mol. The molecule has 0 bridgehead atoms. The SMILES string of the molecule is CC(C)C1CCN(CC(O)COc2ccc(CN3CCCC(F)(F)C3)cc2)CC1. The van der Waals surface area contributed by atoms with Gasteiger partial charge in [-0.3, -0.25) is 4.90 Å². The van der Waals surface area contributed by atoms with Crippen molar-refractivity contribution in [3.05, 3.63) is 29.8 Å². The van der Waals surface area contributed by atoms with E-state index in [-0.39, 0.29) is 19.6 Å². The van der Waals surface area contributed by atoms with Crippen molar-refractivity contribution in [3.8, 4) is 5.75 Å². The third-order valence-corrected chi connectivity index (χ3v) is 6.29. The summed E-state index contributed by atoms with van der Waals surface area (Å²) >= 11 is 0. The highest BCUT2D eigenvalue weighted by Crippen LogP contribution is 2.28. The molecule has 0 amide bonds. The van der Waals surface area contributed by atoms with Gasteiger partial charge >= 0.3 is 0 Å². The van der Waals surface area contributed by atoms with Crippen molar-refractivity contribution in [1.82, 2.24) is 9.80 Å². The zero-order chi connectivity index (χ0) is 20.9. The summed E-state index contributed by atoms with van der Waals surface area (Å²) in [6, 6.07) is 7.56. The van der Waals surface area contributed by atoms with Gasteiger partial charge in [-0.2, -0.15) is 0 Å². The molecule has 4 nitrogen and oxygen atoms in total. The Labute approximate surface area is 173 Å². The first kappa shape index (κ1) is 22.4. The van der Waals surface area contributed by atoms with Gasteiger partial charge in [-0.25, -0.2) is 8.78 Å². The number of ether oxygens (including phenoxy) is 1. The molecule has 2 saturated heterocycles. The normalized spacial score (nSPS) is 22.7. The molecule has 3 rings (SSSR count). The summed E-state index contributed by atoms with van der Waals surface area (Å²) in [5, 5.41) is 10.3. The van der Waals surface area contributed by atoms with Crippen molar-refractivity contribution < 1.29 is 18.6 Å². The summed E-state index contributed by atoms with van der Waals surface area (Å²) in [5.41, 5.74) is 1.00. The van der Waals surface area contributed by atoms with Crippen LogP contribution in [0.5, 0.6) is 5.75 Å². The maximum absolute atomic E-state index is 13.5. The summed E-state index contributed by atoms with van der Waals surface area (Å²) in [5.74, 6) is -0.328. The van der Waals surface area contributed by atoms with Gasteiger partial charge in [0.05, 0.1) is 6.54 Å². The van der Waals surface area contributed by atoms with Crippen LogP contribution in [0.1, 0.15) is 45.1 Å². The predicted octanol–water partition coefficient (Wildman–Crippen LogP) is 4.03. The Morgan fingerprint density at radius 2 is 1.79 bits per heavy atom. The molecule has 1 unspecified atom stereocenters. The zero-order valence-electron chi connectivity index (χ0n) is 17.8. The van der Waals surface area contributed by atoms with Crippen molar-refractivity contribution >= 4 is 0 Å². The first-order chi connectivity index (χ1) is 13.8. The molecule has 2 aliphatic heterocycles. The molecule has 0 aliphatic carbocycles. The Kier molecular flexibility index (Phi) is 7.88. The van der Waals surface area contributed by atoms with E-state index >= 15 is 0 Å². The summed E-state index contributed by atoms with van der Waals surface area (Å²) in [4.78, 5) is 4.13. The standard InChI is InChI=1S/C23H36F2N2O2/c1-18(2)20-8-12-26(13-9-20)15-21(28)16-29-22-6-4-19(5-7-22)14-27-11-3-10-23(24,25)17-27/h4-7,18,20-21,28H,3,8-17H2,1-2H3. The quantitative estimate of drug-likeness (QED) is 0.702. The molecule has 1 aromatic carbocycles. The highest BCUT2D eigenvalue weighted by molar-refractivity contribution is 5.27. The molecule has 2 heterocycles.